The molecule has 3 rings (SSSR count). The number of hydrogen-bond donors (Lipinski definition) is 3. The molecule has 0 fully saturated rings. The van der Waals surface area contributed by atoms with Crippen molar-refractivity contribution in [3.63, 3.8) is 0 Å². The number of hydrogen-bond acceptors (Lipinski definition) is 6. The first-order valence-corrected chi connectivity index (χ1v) is 9.56. The number of amides is 2. The summed E-state index contributed by atoms with van der Waals surface area (Å²) in [5.41, 5.74) is 5.69. The van der Waals surface area contributed by atoms with E-state index < -0.39 is 10.8 Å². The molecule has 0 saturated carbocycles. The SMILES string of the molecule is O=C(Cc1cccc2ccccc12)NNC(=S)NC(=O)COc1ccc([N+](=O)[O-])cc1. The van der Waals surface area contributed by atoms with Gasteiger partial charge in [0.15, 0.2) is 11.7 Å². The first kappa shape index (κ1) is 21.7. The average Bonchev–Trinajstić information content (AvgIpc) is 2.77. The minimum atomic E-state index is -0.556. The summed E-state index contributed by atoms with van der Waals surface area (Å²) in [7, 11) is 0. The lowest BCUT2D eigenvalue weighted by molar-refractivity contribution is -0.384. The van der Waals surface area contributed by atoms with Crippen LogP contribution in [0.2, 0.25) is 0 Å². The number of benzene rings is 3. The van der Waals surface area contributed by atoms with Crippen molar-refractivity contribution < 1.29 is 19.2 Å². The molecule has 158 valence electrons. The Labute approximate surface area is 182 Å². The highest BCUT2D eigenvalue weighted by Crippen LogP contribution is 2.19. The summed E-state index contributed by atoms with van der Waals surface area (Å²) in [6.07, 6.45) is 0.133. The molecule has 0 radical (unpaired) electrons. The summed E-state index contributed by atoms with van der Waals surface area (Å²) in [5.74, 6) is -0.586. The maximum atomic E-state index is 12.2. The fourth-order valence-corrected chi connectivity index (χ4v) is 2.96. The summed E-state index contributed by atoms with van der Waals surface area (Å²) >= 11 is 4.98. The van der Waals surface area contributed by atoms with Crippen LogP contribution in [-0.4, -0.2) is 28.5 Å². The van der Waals surface area contributed by atoms with Crippen molar-refractivity contribution in [3.8, 4) is 5.75 Å². The van der Waals surface area contributed by atoms with Gasteiger partial charge in [0.25, 0.3) is 11.6 Å². The molecule has 0 spiro atoms. The van der Waals surface area contributed by atoms with E-state index in [1.54, 1.807) is 0 Å². The standard InChI is InChI=1S/C21H18N4O5S/c26-19(12-15-6-3-5-14-4-1-2-7-18(14)15)23-24-21(31)22-20(27)13-30-17-10-8-16(9-11-17)25(28)29/h1-11H,12-13H2,(H,23,26)(H2,22,24,27,31). The summed E-state index contributed by atoms with van der Waals surface area (Å²) in [6, 6.07) is 18.8. The summed E-state index contributed by atoms with van der Waals surface area (Å²) in [6.45, 7) is -0.358. The lowest BCUT2D eigenvalue weighted by atomic mass is 10.0. The second kappa shape index (κ2) is 10.1. The Balaban J connectivity index is 1.42. The predicted molar refractivity (Wildman–Crippen MR) is 118 cm³/mol. The van der Waals surface area contributed by atoms with Gasteiger partial charge < -0.3 is 4.74 Å². The van der Waals surface area contributed by atoms with Crippen LogP contribution in [0.4, 0.5) is 5.69 Å². The zero-order valence-corrected chi connectivity index (χ0v) is 17.0. The zero-order valence-electron chi connectivity index (χ0n) is 16.2. The third-order valence-electron chi connectivity index (χ3n) is 4.22. The fourth-order valence-electron chi connectivity index (χ4n) is 2.80. The van der Waals surface area contributed by atoms with Gasteiger partial charge in [-0.2, -0.15) is 0 Å². The van der Waals surface area contributed by atoms with E-state index in [-0.39, 0.29) is 29.7 Å². The van der Waals surface area contributed by atoms with E-state index in [0.717, 1.165) is 16.3 Å². The van der Waals surface area contributed by atoms with Crippen LogP contribution in [0.3, 0.4) is 0 Å². The van der Waals surface area contributed by atoms with E-state index in [9.17, 15) is 19.7 Å². The van der Waals surface area contributed by atoms with Crippen LogP contribution in [-0.2, 0) is 16.0 Å². The number of nitro groups is 1. The molecular weight excluding hydrogens is 420 g/mol. The number of carbonyl (C=O) groups is 2. The maximum absolute atomic E-state index is 12.2. The Morgan fingerprint density at radius 3 is 2.39 bits per heavy atom. The number of nitro benzene ring substituents is 1. The van der Waals surface area contributed by atoms with Gasteiger partial charge in [-0.1, -0.05) is 42.5 Å². The van der Waals surface area contributed by atoms with E-state index in [0.29, 0.717) is 5.75 Å². The summed E-state index contributed by atoms with van der Waals surface area (Å²) < 4.78 is 5.24. The normalized spacial score (nSPS) is 10.2. The molecule has 0 saturated heterocycles. The van der Waals surface area contributed by atoms with Gasteiger partial charge in [0, 0.05) is 12.1 Å². The van der Waals surface area contributed by atoms with Crippen molar-refractivity contribution in [3.05, 3.63) is 82.4 Å². The molecule has 10 heteroatoms. The number of nitrogens with one attached hydrogen (secondary N) is 3. The molecule has 31 heavy (non-hydrogen) atoms. The number of carbonyl (C=O) groups excluding carboxylic acids is 2. The number of fused-ring (bicyclic) bond motifs is 1. The number of nitrogens with zero attached hydrogens (tertiary/aromatic N) is 1. The van der Waals surface area contributed by atoms with Gasteiger partial charge in [-0.25, -0.2) is 0 Å². The molecule has 0 aliphatic carbocycles. The topological polar surface area (TPSA) is 123 Å². The van der Waals surface area contributed by atoms with E-state index in [2.05, 4.69) is 16.2 Å². The van der Waals surface area contributed by atoms with Crippen molar-refractivity contribution in [2.24, 2.45) is 0 Å². The molecule has 2 amide bonds. The number of thiocarbonyl (C=S) groups is 1. The minimum Gasteiger partial charge on any atom is -0.484 e. The molecule has 0 unspecified atom stereocenters. The quantitative estimate of drug-likeness (QED) is 0.307. The summed E-state index contributed by atoms with van der Waals surface area (Å²) in [4.78, 5) is 34.2. The van der Waals surface area contributed by atoms with E-state index in [1.165, 1.54) is 24.3 Å². The lowest BCUT2D eigenvalue weighted by Gasteiger charge is -2.12. The highest BCUT2D eigenvalue weighted by molar-refractivity contribution is 7.80. The first-order chi connectivity index (χ1) is 14.9. The second-order valence-corrected chi connectivity index (χ2v) is 6.81. The number of non-ortho nitro benzene ring substituents is 1. The molecule has 0 atom stereocenters. The average molecular weight is 438 g/mol. The van der Waals surface area contributed by atoms with Crippen molar-refractivity contribution in [2.45, 2.75) is 6.42 Å². The van der Waals surface area contributed by atoms with Crippen LogP contribution in [0, 0.1) is 10.1 Å². The Kier molecular flexibility index (Phi) is 7.07. The van der Waals surface area contributed by atoms with E-state index in [1.807, 2.05) is 42.5 Å². The molecule has 0 aromatic heterocycles. The third kappa shape index (κ3) is 6.21. The fraction of sp³-hybridized carbons (Fsp3) is 0.0952. The van der Waals surface area contributed by atoms with Crippen molar-refractivity contribution in [1.82, 2.24) is 16.2 Å². The second-order valence-electron chi connectivity index (χ2n) is 6.41. The van der Waals surface area contributed by atoms with Crippen LogP contribution in [0.1, 0.15) is 5.56 Å². The molecule has 3 aromatic rings. The smallest absolute Gasteiger partial charge is 0.269 e. The lowest BCUT2D eigenvalue weighted by Crippen LogP contribution is -2.49. The Morgan fingerprint density at radius 1 is 0.935 bits per heavy atom. The molecule has 3 N–H and O–H groups in total. The van der Waals surface area contributed by atoms with Gasteiger partial charge in [-0.05, 0) is 40.7 Å². The van der Waals surface area contributed by atoms with Crippen LogP contribution in [0.25, 0.3) is 10.8 Å². The van der Waals surface area contributed by atoms with Gasteiger partial charge in [-0.15, -0.1) is 0 Å². The largest absolute Gasteiger partial charge is 0.484 e. The van der Waals surface area contributed by atoms with Crippen LogP contribution >= 0.6 is 12.2 Å². The Hall–Kier alpha value is -4.05. The molecule has 0 aliphatic rings. The first-order valence-electron chi connectivity index (χ1n) is 9.15. The highest BCUT2D eigenvalue weighted by Gasteiger charge is 2.10. The number of hydrazine groups is 1. The summed E-state index contributed by atoms with van der Waals surface area (Å²) in [5, 5.41) is 14.9. The minimum absolute atomic E-state index is 0.0820. The molecule has 0 aliphatic heterocycles. The van der Waals surface area contributed by atoms with Crippen molar-refractivity contribution >= 4 is 45.6 Å². The Morgan fingerprint density at radius 2 is 1.65 bits per heavy atom. The van der Waals surface area contributed by atoms with Gasteiger partial charge >= 0.3 is 0 Å². The number of rotatable bonds is 6. The van der Waals surface area contributed by atoms with Crippen molar-refractivity contribution in [1.29, 1.82) is 0 Å². The van der Waals surface area contributed by atoms with Crippen LogP contribution < -0.4 is 20.9 Å². The third-order valence-corrected chi connectivity index (χ3v) is 4.42. The molecular formula is C21H18N4O5S. The molecule has 9 nitrogen and oxygen atoms in total. The Bertz CT molecular complexity index is 1130. The molecule has 3 aromatic carbocycles. The van der Waals surface area contributed by atoms with Gasteiger partial charge in [0.05, 0.1) is 11.3 Å². The van der Waals surface area contributed by atoms with E-state index >= 15 is 0 Å². The van der Waals surface area contributed by atoms with Crippen LogP contribution in [0.15, 0.2) is 66.7 Å². The maximum Gasteiger partial charge on any atom is 0.269 e. The van der Waals surface area contributed by atoms with Gasteiger partial charge in [-0.3, -0.25) is 35.9 Å². The zero-order chi connectivity index (χ0) is 22.2. The van der Waals surface area contributed by atoms with Crippen molar-refractivity contribution in [2.75, 3.05) is 6.61 Å². The monoisotopic (exact) mass is 438 g/mol. The molecule has 0 bridgehead atoms. The highest BCUT2D eigenvalue weighted by atomic mass is 32.1. The predicted octanol–water partition coefficient (Wildman–Crippen LogP) is 2.39. The molecule has 0 heterocycles. The van der Waals surface area contributed by atoms with Gasteiger partial charge in [0.1, 0.15) is 5.75 Å². The van der Waals surface area contributed by atoms with Gasteiger partial charge in [0.2, 0.25) is 5.91 Å². The number of ether oxygens (including phenoxy) is 1. The van der Waals surface area contributed by atoms with E-state index in [4.69, 9.17) is 17.0 Å². The van der Waals surface area contributed by atoms with Crippen LogP contribution in [0.5, 0.6) is 5.75 Å².